The van der Waals surface area contributed by atoms with Crippen LogP contribution in [0.1, 0.15) is 12.5 Å². The van der Waals surface area contributed by atoms with Crippen LogP contribution in [0.2, 0.25) is 0 Å². The highest BCUT2D eigenvalue weighted by molar-refractivity contribution is 8.00. The molecule has 0 radical (unpaired) electrons. The predicted molar refractivity (Wildman–Crippen MR) is 67.5 cm³/mol. The van der Waals surface area contributed by atoms with Crippen molar-refractivity contribution in [3.8, 4) is 6.07 Å². The van der Waals surface area contributed by atoms with E-state index in [1.807, 2.05) is 17.8 Å². The highest BCUT2D eigenvalue weighted by atomic mass is 32.2. The maximum atomic E-state index is 8.74. The van der Waals surface area contributed by atoms with Crippen molar-refractivity contribution >= 4 is 23.3 Å². The number of hydrogen-bond acceptors (Lipinski definition) is 5. The Balaban J connectivity index is 2.23. The van der Waals surface area contributed by atoms with Crippen molar-refractivity contribution in [2.24, 2.45) is 0 Å². The Hall–Kier alpha value is -1.41. The number of nitrogen functional groups attached to an aromatic ring is 1. The van der Waals surface area contributed by atoms with E-state index in [1.54, 1.807) is 12.3 Å². The van der Waals surface area contributed by atoms with Crippen LogP contribution in [-0.4, -0.2) is 29.1 Å². The SMILES string of the molecule is CC1CN(c2ncc(C#N)cc2N)CCS1. The summed E-state index contributed by atoms with van der Waals surface area (Å²) in [5, 5.41) is 9.35. The molecule has 1 saturated heterocycles. The molecule has 5 heteroatoms. The highest BCUT2D eigenvalue weighted by Gasteiger charge is 2.19. The van der Waals surface area contributed by atoms with E-state index >= 15 is 0 Å². The topological polar surface area (TPSA) is 65.9 Å². The average molecular weight is 234 g/mol. The number of nitrogens with two attached hydrogens (primary N) is 1. The van der Waals surface area contributed by atoms with Crippen LogP contribution in [0.15, 0.2) is 12.3 Å². The quantitative estimate of drug-likeness (QED) is 0.797. The van der Waals surface area contributed by atoms with Crippen LogP contribution in [0.3, 0.4) is 0 Å². The number of nitrogens with zero attached hydrogens (tertiary/aromatic N) is 3. The van der Waals surface area contributed by atoms with Crippen LogP contribution in [0, 0.1) is 11.3 Å². The van der Waals surface area contributed by atoms with Crippen molar-refractivity contribution in [3.63, 3.8) is 0 Å². The van der Waals surface area contributed by atoms with Gasteiger partial charge in [0, 0.05) is 30.3 Å². The molecule has 2 rings (SSSR count). The second kappa shape index (κ2) is 4.62. The molecule has 0 aliphatic carbocycles. The van der Waals surface area contributed by atoms with Crippen LogP contribution in [0.5, 0.6) is 0 Å². The molecule has 1 fully saturated rings. The summed E-state index contributed by atoms with van der Waals surface area (Å²) in [6, 6.07) is 3.73. The second-order valence-corrected chi connectivity index (χ2v) is 5.42. The third-order valence-corrected chi connectivity index (χ3v) is 3.70. The molecule has 0 amide bonds. The van der Waals surface area contributed by atoms with E-state index < -0.39 is 0 Å². The van der Waals surface area contributed by atoms with Crippen molar-refractivity contribution in [2.45, 2.75) is 12.2 Å². The normalized spacial score (nSPS) is 20.5. The third-order valence-electron chi connectivity index (χ3n) is 2.56. The molecule has 1 aliphatic heterocycles. The minimum Gasteiger partial charge on any atom is -0.396 e. The summed E-state index contributed by atoms with van der Waals surface area (Å²) in [5.74, 6) is 1.91. The van der Waals surface area contributed by atoms with E-state index in [0.29, 0.717) is 16.5 Å². The molecule has 1 unspecified atom stereocenters. The minimum atomic E-state index is 0.515. The summed E-state index contributed by atoms with van der Waals surface area (Å²) in [5.41, 5.74) is 7.02. The van der Waals surface area contributed by atoms with Crippen LogP contribution in [0.4, 0.5) is 11.5 Å². The standard InChI is InChI=1S/C11H14N4S/c1-8-7-15(2-3-16-8)11-10(13)4-9(5-12)6-14-11/h4,6,8H,2-3,7,13H2,1H3. The molecule has 16 heavy (non-hydrogen) atoms. The average Bonchev–Trinajstić information content (AvgIpc) is 2.28. The summed E-state index contributed by atoms with van der Waals surface area (Å²) in [6.07, 6.45) is 1.58. The fourth-order valence-corrected chi connectivity index (χ4v) is 2.82. The fourth-order valence-electron chi connectivity index (χ4n) is 1.81. The van der Waals surface area contributed by atoms with Gasteiger partial charge in [0.15, 0.2) is 5.82 Å². The van der Waals surface area contributed by atoms with E-state index in [-0.39, 0.29) is 0 Å². The van der Waals surface area contributed by atoms with Crippen LogP contribution < -0.4 is 10.6 Å². The summed E-state index contributed by atoms with van der Waals surface area (Å²) in [6.45, 7) is 4.14. The molecule has 1 aromatic rings. The first kappa shape index (κ1) is 11.1. The smallest absolute Gasteiger partial charge is 0.151 e. The van der Waals surface area contributed by atoms with Crippen LogP contribution in [0.25, 0.3) is 0 Å². The Morgan fingerprint density at radius 2 is 2.50 bits per heavy atom. The number of anilines is 2. The Kier molecular flexibility index (Phi) is 3.20. The predicted octanol–water partition coefficient (Wildman–Crippen LogP) is 1.48. The Bertz CT molecular complexity index is 426. The van der Waals surface area contributed by atoms with Gasteiger partial charge in [-0.2, -0.15) is 17.0 Å². The molecule has 1 atom stereocenters. The van der Waals surface area contributed by atoms with Crippen molar-refractivity contribution in [1.29, 1.82) is 5.26 Å². The zero-order valence-corrected chi connectivity index (χ0v) is 10.00. The molecule has 0 bridgehead atoms. The fraction of sp³-hybridized carbons (Fsp3) is 0.455. The Morgan fingerprint density at radius 1 is 1.69 bits per heavy atom. The van der Waals surface area contributed by atoms with Crippen molar-refractivity contribution < 1.29 is 0 Å². The molecule has 4 nitrogen and oxygen atoms in total. The van der Waals surface area contributed by atoms with Crippen molar-refractivity contribution in [1.82, 2.24) is 4.98 Å². The number of thioether (sulfide) groups is 1. The van der Waals surface area contributed by atoms with E-state index in [9.17, 15) is 0 Å². The first-order valence-electron chi connectivity index (χ1n) is 5.23. The Labute approximate surface area is 99.5 Å². The van der Waals surface area contributed by atoms with Gasteiger partial charge in [0.25, 0.3) is 0 Å². The lowest BCUT2D eigenvalue weighted by Crippen LogP contribution is -2.37. The minimum absolute atomic E-state index is 0.515. The second-order valence-electron chi connectivity index (χ2n) is 3.88. The van der Waals surface area contributed by atoms with Gasteiger partial charge in [-0.3, -0.25) is 0 Å². The molecule has 1 aliphatic rings. The van der Waals surface area contributed by atoms with Gasteiger partial charge in [-0.1, -0.05) is 6.92 Å². The van der Waals surface area contributed by atoms with Gasteiger partial charge in [0.2, 0.25) is 0 Å². The molecule has 2 heterocycles. The Morgan fingerprint density at radius 3 is 3.12 bits per heavy atom. The number of nitriles is 1. The highest BCUT2D eigenvalue weighted by Crippen LogP contribution is 2.26. The number of rotatable bonds is 1. The number of hydrogen-bond donors (Lipinski definition) is 1. The zero-order chi connectivity index (χ0) is 11.5. The van der Waals surface area contributed by atoms with Crippen LogP contribution >= 0.6 is 11.8 Å². The summed E-state index contributed by atoms with van der Waals surface area (Å²) in [7, 11) is 0. The number of pyridine rings is 1. The lowest BCUT2D eigenvalue weighted by molar-refractivity contribution is 0.771. The van der Waals surface area contributed by atoms with Gasteiger partial charge in [0.1, 0.15) is 6.07 Å². The first-order valence-corrected chi connectivity index (χ1v) is 6.27. The molecule has 2 N–H and O–H groups in total. The lowest BCUT2D eigenvalue weighted by Gasteiger charge is -2.32. The lowest BCUT2D eigenvalue weighted by atomic mass is 10.2. The maximum Gasteiger partial charge on any atom is 0.151 e. The van der Waals surface area contributed by atoms with Gasteiger partial charge >= 0.3 is 0 Å². The van der Waals surface area contributed by atoms with Crippen molar-refractivity contribution in [3.05, 3.63) is 17.8 Å². The molecule has 0 aromatic carbocycles. The zero-order valence-electron chi connectivity index (χ0n) is 9.18. The maximum absolute atomic E-state index is 8.74. The largest absolute Gasteiger partial charge is 0.396 e. The van der Waals surface area contributed by atoms with Gasteiger partial charge in [-0.05, 0) is 6.07 Å². The van der Waals surface area contributed by atoms with Crippen LogP contribution in [-0.2, 0) is 0 Å². The van der Waals surface area contributed by atoms with Gasteiger partial charge in [-0.25, -0.2) is 4.98 Å². The third kappa shape index (κ3) is 2.22. The molecular weight excluding hydrogens is 220 g/mol. The van der Waals surface area contributed by atoms with E-state index in [2.05, 4.69) is 16.8 Å². The molecular formula is C11H14N4S. The molecule has 0 saturated carbocycles. The molecule has 0 spiro atoms. The van der Waals surface area contributed by atoms with E-state index in [4.69, 9.17) is 11.0 Å². The number of aromatic nitrogens is 1. The van der Waals surface area contributed by atoms with E-state index in [1.165, 1.54) is 0 Å². The summed E-state index contributed by atoms with van der Waals surface area (Å²) >= 11 is 1.97. The summed E-state index contributed by atoms with van der Waals surface area (Å²) < 4.78 is 0. The summed E-state index contributed by atoms with van der Waals surface area (Å²) in [4.78, 5) is 6.47. The monoisotopic (exact) mass is 234 g/mol. The molecule has 1 aromatic heterocycles. The first-order chi connectivity index (χ1) is 7.70. The van der Waals surface area contributed by atoms with E-state index in [0.717, 1.165) is 24.7 Å². The molecule has 84 valence electrons. The van der Waals surface area contributed by atoms with Gasteiger partial charge < -0.3 is 10.6 Å². The van der Waals surface area contributed by atoms with Crippen molar-refractivity contribution in [2.75, 3.05) is 29.5 Å². The van der Waals surface area contributed by atoms with Gasteiger partial charge in [0.05, 0.1) is 11.3 Å². The van der Waals surface area contributed by atoms with Gasteiger partial charge in [-0.15, -0.1) is 0 Å².